The van der Waals surface area contributed by atoms with Crippen molar-refractivity contribution in [1.29, 1.82) is 0 Å². The number of hydrogen-bond donors (Lipinski definition) is 0. The summed E-state index contributed by atoms with van der Waals surface area (Å²) < 4.78 is 4.94. The molecule has 0 radical (unpaired) electrons. The highest BCUT2D eigenvalue weighted by molar-refractivity contribution is 6.23. The average Bonchev–Trinajstić information content (AvgIpc) is 3.61. The van der Waals surface area contributed by atoms with Gasteiger partial charge in [0.25, 0.3) is 0 Å². The van der Waals surface area contributed by atoms with Gasteiger partial charge in [-0.25, -0.2) is 0 Å². The third kappa shape index (κ3) is 2.78. The quantitative estimate of drug-likeness (QED) is 0.186. The minimum Gasteiger partial charge on any atom is -0.309 e. The molecular weight excluding hydrogens is 508 g/mol. The average molecular weight is 533 g/mol. The molecular formula is C40H24N2. The lowest BCUT2D eigenvalue weighted by Crippen LogP contribution is -1.94. The number of benzene rings is 7. The van der Waals surface area contributed by atoms with E-state index in [-0.39, 0.29) is 0 Å². The number of nitrogens with zero attached hydrogens (tertiary/aromatic N) is 2. The van der Waals surface area contributed by atoms with Crippen LogP contribution in [-0.2, 0) is 0 Å². The second-order valence-corrected chi connectivity index (χ2v) is 11.4. The highest BCUT2D eigenvalue weighted by Crippen LogP contribution is 2.41. The summed E-state index contributed by atoms with van der Waals surface area (Å²) in [5, 5.41) is 12.8. The van der Waals surface area contributed by atoms with Crippen LogP contribution >= 0.6 is 0 Å². The molecule has 0 fully saturated rings. The first-order valence-corrected chi connectivity index (χ1v) is 14.5. The van der Waals surface area contributed by atoms with E-state index in [1.165, 1.54) is 87.1 Å². The van der Waals surface area contributed by atoms with E-state index in [0.717, 1.165) is 0 Å². The van der Waals surface area contributed by atoms with Crippen LogP contribution < -0.4 is 0 Å². The molecule has 0 saturated heterocycles. The fraction of sp³-hybridized carbons (Fsp3) is 0. The molecule has 0 aliphatic heterocycles. The number of fused-ring (bicyclic) bond motifs is 15. The van der Waals surface area contributed by atoms with Crippen molar-refractivity contribution >= 4 is 81.4 Å². The minimum absolute atomic E-state index is 1.18. The van der Waals surface area contributed by atoms with Gasteiger partial charge in [-0.05, 0) is 63.3 Å². The van der Waals surface area contributed by atoms with Crippen LogP contribution in [0.2, 0.25) is 0 Å². The van der Waals surface area contributed by atoms with Crippen LogP contribution in [0.5, 0.6) is 0 Å². The van der Waals surface area contributed by atoms with Gasteiger partial charge in [0, 0.05) is 32.6 Å². The summed E-state index contributed by atoms with van der Waals surface area (Å²) in [5.74, 6) is 0. The van der Waals surface area contributed by atoms with Gasteiger partial charge in [-0.1, -0.05) is 109 Å². The van der Waals surface area contributed by atoms with Crippen LogP contribution in [0.4, 0.5) is 0 Å². The lowest BCUT2D eigenvalue weighted by atomic mass is 10.0. The molecule has 0 spiro atoms. The van der Waals surface area contributed by atoms with E-state index in [1.807, 2.05) is 0 Å². The summed E-state index contributed by atoms with van der Waals surface area (Å²) in [6, 6.07) is 53.6. The van der Waals surface area contributed by atoms with Gasteiger partial charge in [0.05, 0.1) is 27.6 Å². The minimum atomic E-state index is 1.18. The van der Waals surface area contributed by atoms with Gasteiger partial charge in [0.1, 0.15) is 0 Å². The standard InChI is InChI=1S/C40H24N2/c1-2-10-28-25(9-1)17-18-26-23-27(19-20-29(26)28)41-36-15-7-6-14-33(36)34-21-22-38-35(40(34)41)24-39-32-13-4-3-11-30(32)31-12-5-8-16-37(31)42(38)39/h1-24H. The summed E-state index contributed by atoms with van der Waals surface area (Å²) >= 11 is 0. The first-order valence-electron chi connectivity index (χ1n) is 14.5. The van der Waals surface area contributed by atoms with Gasteiger partial charge >= 0.3 is 0 Å². The Hall–Kier alpha value is -5.60. The molecule has 2 nitrogen and oxygen atoms in total. The van der Waals surface area contributed by atoms with Crippen molar-refractivity contribution in [1.82, 2.24) is 8.97 Å². The second kappa shape index (κ2) is 7.99. The first-order chi connectivity index (χ1) is 20.8. The van der Waals surface area contributed by atoms with Crippen LogP contribution in [0.25, 0.3) is 87.1 Å². The molecule has 0 saturated carbocycles. The van der Waals surface area contributed by atoms with Crippen molar-refractivity contribution in [2.24, 2.45) is 0 Å². The molecule has 0 bridgehead atoms. The number of aromatic nitrogens is 2. The molecule has 0 amide bonds. The van der Waals surface area contributed by atoms with Gasteiger partial charge in [-0.3, -0.25) is 0 Å². The maximum absolute atomic E-state index is 2.48. The van der Waals surface area contributed by atoms with Gasteiger partial charge < -0.3 is 8.97 Å². The van der Waals surface area contributed by atoms with E-state index in [1.54, 1.807) is 0 Å². The van der Waals surface area contributed by atoms with Crippen LogP contribution in [0.3, 0.4) is 0 Å². The zero-order valence-electron chi connectivity index (χ0n) is 22.8. The molecule has 42 heavy (non-hydrogen) atoms. The highest BCUT2D eigenvalue weighted by Gasteiger charge is 2.19. The molecule has 194 valence electrons. The van der Waals surface area contributed by atoms with Crippen LogP contribution in [-0.4, -0.2) is 8.97 Å². The maximum Gasteiger partial charge on any atom is 0.0635 e. The molecule has 0 N–H and O–H groups in total. The third-order valence-corrected chi connectivity index (χ3v) is 9.24. The number of pyridine rings is 1. The summed E-state index contributed by atoms with van der Waals surface area (Å²) in [5.41, 5.74) is 7.38. The normalized spacial score (nSPS) is 12.3. The van der Waals surface area contributed by atoms with Crippen molar-refractivity contribution < 1.29 is 0 Å². The Bertz CT molecular complexity index is 2740. The second-order valence-electron chi connectivity index (χ2n) is 11.4. The van der Waals surface area contributed by atoms with Crippen LogP contribution in [0, 0.1) is 0 Å². The Balaban J connectivity index is 1.39. The Morgan fingerprint density at radius 1 is 0.310 bits per heavy atom. The van der Waals surface area contributed by atoms with E-state index in [4.69, 9.17) is 0 Å². The zero-order valence-corrected chi connectivity index (χ0v) is 22.8. The van der Waals surface area contributed by atoms with Crippen molar-refractivity contribution in [2.75, 3.05) is 0 Å². The SMILES string of the molecule is c1ccc2c(c1)ccc1cc(-n3c4ccccc4c4ccc5c(cc6c7ccccc7c7ccccc7n65)c43)ccc12. The predicted octanol–water partition coefficient (Wildman–Crippen LogP) is 10.8. The molecule has 2 heteroatoms. The van der Waals surface area contributed by atoms with E-state index in [0.29, 0.717) is 0 Å². The number of hydrogen-bond acceptors (Lipinski definition) is 0. The van der Waals surface area contributed by atoms with Crippen molar-refractivity contribution in [3.8, 4) is 5.69 Å². The maximum atomic E-state index is 2.48. The molecule has 10 aromatic rings. The highest BCUT2D eigenvalue weighted by atomic mass is 15.0. The fourth-order valence-electron chi connectivity index (χ4n) is 7.44. The summed E-state index contributed by atoms with van der Waals surface area (Å²) in [6.45, 7) is 0. The van der Waals surface area contributed by atoms with Crippen molar-refractivity contribution in [3.05, 3.63) is 146 Å². The lowest BCUT2D eigenvalue weighted by molar-refractivity contribution is 1.19. The lowest BCUT2D eigenvalue weighted by Gasteiger charge is -2.12. The topological polar surface area (TPSA) is 9.34 Å². The molecule has 0 aliphatic rings. The first kappa shape index (κ1) is 22.1. The largest absolute Gasteiger partial charge is 0.309 e. The van der Waals surface area contributed by atoms with E-state index < -0.39 is 0 Å². The number of para-hydroxylation sites is 2. The van der Waals surface area contributed by atoms with Gasteiger partial charge in [0.2, 0.25) is 0 Å². The van der Waals surface area contributed by atoms with E-state index in [2.05, 4.69) is 155 Å². The molecule has 3 aromatic heterocycles. The van der Waals surface area contributed by atoms with Crippen LogP contribution in [0.1, 0.15) is 0 Å². The summed E-state index contributed by atoms with van der Waals surface area (Å²) in [6.07, 6.45) is 0. The Morgan fingerprint density at radius 2 is 0.881 bits per heavy atom. The molecule has 10 rings (SSSR count). The Labute approximate surface area is 241 Å². The third-order valence-electron chi connectivity index (χ3n) is 9.24. The predicted molar refractivity (Wildman–Crippen MR) is 179 cm³/mol. The van der Waals surface area contributed by atoms with Crippen molar-refractivity contribution in [2.45, 2.75) is 0 Å². The van der Waals surface area contributed by atoms with Gasteiger partial charge in [-0.2, -0.15) is 0 Å². The van der Waals surface area contributed by atoms with E-state index in [9.17, 15) is 0 Å². The Kier molecular flexibility index (Phi) is 4.21. The molecule has 3 heterocycles. The molecule has 0 atom stereocenters. The summed E-state index contributed by atoms with van der Waals surface area (Å²) in [4.78, 5) is 0. The van der Waals surface area contributed by atoms with Crippen molar-refractivity contribution in [3.63, 3.8) is 0 Å². The number of rotatable bonds is 1. The van der Waals surface area contributed by atoms with Gasteiger partial charge in [-0.15, -0.1) is 0 Å². The van der Waals surface area contributed by atoms with E-state index >= 15 is 0 Å². The monoisotopic (exact) mass is 532 g/mol. The smallest absolute Gasteiger partial charge is 0.0635 e. The zero-order chi connectivity index (χ0) is 27.4. The molecule has 0 aliphatic carbocycles. The summed E-state index contributed by atoms with van der Waals surface area (Å²) in [7, 11) is 0. The van der Waals surface area contributed by atoms with Crippen LogP contribution in [0.15, 0.2) is 146 Å². The Morgan fingerprint density at radius 3 is 1.71 bits per heavy atom. The fourth-order valence-corrected chi connectivity index (χ4v) is 7.44. The molecule has 0 unspecified atom stereocenters. The van der Waals surface area contributed by atoms with Gasteiger partial charge in [0.15, 0.2) is 0 Å². The molecule has 7 aromatic carbocycles.